The number of nitrogens with one attached hydrogen (secondary N) is 4. The molecule has 0 saturated heterocycles. The highest BCUT2D eigenvalue weighted by molar-refractivity contribution is 5.28. The maximum atomic E-state index is 11.2. The molecular formula is C7H9N7O2. The van der Waals surface area contributed by atoms with Gasteiger partial charge in [-0.15, -0.1) is 5.10 Å². The Hall–Kier alpha value is -2.45. The van der Waals surface area contributed by atoms with Crippen LogP contribution in [0.15, 0.2) is 15.9 Å². The summed E-state index contributed by atoms with van der Waals surface area (Å²) in [5.74, 6) is 0.771. The average molecular weight is 223 g/mol. The molecule has 2 heterocycles. The van der Waals surface area contributed by atoms with E-state index in [0.29, 0.717) is 18.8 Å². The van der Waals surface area contributed by atoms with E-state index in [1.54, 1.807) is 0 Å². The van der Waals surface area contributed by atoms with Crippen LogP contribution in [0.3, 0.4) is 0 Å². The first kappa shape index (κ1) is 10.1. The predicted molar refractivity (Wildman–Crippen MR) is 54.1 cm³/mol. The second-order valence-corrected chi connectivity index (χ2v) is 2.96. The Kier molecular flexibility index (Phi) is 2.76. The number of hydrogen-bond acceptors (Lipinski definition) is 6. The number of hydrogen-bond donors (Lipinski definition) is 4. The van der Waals surface area contributed by atoms with Gasteiger partial charge in [-0.3, -0.25) is 14.9 Å². The van der Waals surface area contributed by atoms with E-state index in [0.717, 1.165) is 0 Å². The largest absolute Gasteiger partial charge is 0.364 e. The molecule has 0 aliphatic rings. The van der Waals surface area contributed by atoms with Crippen LogP contribution in [0.1, 0.15) is 5.82 Å². The molecule has 0 aliphatic heterocycles. The highest BCUT2D eigenvalue weighted by Gasteiger charge is 2.01. The molecule has 9 heteroatoms. The van der Waals surface area contributed by atoms with E-state index < -0.39 is 11.2 Å². The van der Waals surface area contributed by atoms with Gasteiger partial charge in [-0.2, -0.15) is 5.10 Å². The van der Waals surface area contributed by atoms with Crippen molar-refractivity contribution >= 4 is 5.82 Å². The van der Waals surface area contributed by atoms with Gasteiger partial charge in [-0.05, 0) is 0 Å². The number of rotatable bonds is 4. The van der Waals surface area contributed by atoms with Gasteiger partial charge in [0, 0.05) is 13.0 Å². The number of H-pyrrole nitrogens is 3. The Labute approximate surface area is 88.3 Å². The highest BCUT2D eigenvalue weighted by Crippen LogP contribution is 1.90. The van der Waals surface area contributed by atoms with Crippen LogP contribution in [0.2, 0.25) is 0 Å². The number of anilines is 1. The van der Waals surface area contributed by atoms with E-state index in [2.05, 4.69) is 35.7 Å². The lowest BCUT2D eigenvalue weighted by molar-refractivity contribution is 0.857. The normalized spacial score (nSPS) is 10.2. The summed E-state index contributed by atoms with van der Waals surface area (Å²) >= 11 is 0. The minimum Gasteiger partial charge on any atom is -0.364 e. The molecule has 0 aliphatic carbocycles. The molecule has 16 heavy (non-hydrogen) atoms. The molecule has 2 aromatic rings. The Balaban J connectivity index is 1.95. The molecular weight excluding hydrogens is 214 g/mol. The zero-order valence-corrected chi connectivity index (χ0v) is 8.15. The molecule has 0 fully saturated rings. The monoisotopic (exact) mass is 223 g/mol. The standard InChI is InChI=1S/C7H9N7O2/c15-6-5(13-14-7(16)11-6)8-2-1-4-9-3-10-12-4/h3H,1-2H2,(H,8,13)(H,9,10,12)(H2,11,14,15,16). The first-order chi connectivity index (χ1) is 7.75. The summed E-state index contributed by atoms with van der Waals surface area (Å²) < 4.78 is 0. The predicted octanol–water partition coefficient (Wildman–Crippen LogP) is -1.77. The lowest BCUT2D eigenvalue weighted by Gasteiger charge is -2.00. The van der Waals surface area contributed by atoms with E-state index in [1.807, 2.05) is 0 Å². The summed E-state index contributed by atoms with van der Waals surface area (Å²) in [5.41, 5.74) is -1.19. The van der Waals surface area contributed by atoms with Gasteiger partial charge in [0.2, 0.25) is 5.82 Å². The van der Waals surface area contributed by atoms with Gasteiger partial charge in [0.25, 0.3) is 5.56 Å². The van der Waals surface area contributed by atoms with Gasteiger partial charge >= 0.3 is 5.69 Å². The lowest BCUT2D eigenvalue weighted by Crippen LogP contribution is -2.27. The van der Waals surface area contributed by atoms with Crippen LogP contribution in [0.4, 0.5) is 5.82 Å². The van der Waals surface area contributed by atoms with E-state index in [9.17, 15) is 9.59 Å². The van der Waals surface area contributed by atoms with Crippen molar-refractivity contribution < 1.29 is 0 Å². The third kappa shape index (κ3) is 2.32. The van der Waals surface area contributed by atoms with Crippen LogP contribution in [0.25, 0.3) is 0 Å². The fourth-order valence-electron chi connectivity index (χ4n) is 1.12. The lowest BCUT2D eigenvalue weighted by atomic mass is 10.4. The molecule has 0 aromatic carbocycles. The van der Waals surface area contributed by atoms with Gasteiger partial charge in [-0.1, -0.05) is 0 Å². The summed E-state index contributed by atoms with van der Waals surface area (Å²) in [4.78, 5) is 27.8. The zero-order valence-electron chi connectivity index (χ0n) is 8.15. The maximum Gasteiger partial charge on any atom is 0.342 e. The third-order valence-corrected chi connectivity index (χ3v) is 1.83. The summed E-state index contributed by atoms with van der Waals surface area (Å²) in [5, 5.41) is 14.8. The fraction of sp³-hybridized carbons (Fsp3) is 0.286. The molecule has 0 unspecified atom stereocenters. The number of aromatic amines is 3. The van der Waals surface area contributed by atoms with E-state index in [-0.39, 0.29) is 5.82 Å². The number of aromatic nitrogens is 6. The van der Waals surface area contributed by atoms with Crippen molar-refractivity contribution in [2.75, 3.05) is 11.9 Å². The molecule has 9 nitrogen and oxygen atoms in total. The molecule has 0 amide bonds. The minimum atomic E-state index is -0.634. The summed E-state index contributed by atoms with van der Waals surface area (Å²) in [6.45, 7) is 0.456. The van der Waals surface area contributed by atoms with Crippen LogP contribution < -0.4 is 16.6 Å². The molecule has 0 atom stereocenters. The van der Waals surface area contributed by atoms with Gasteiger partial charge in [0.05, 0.1) is 0 Å². The van der Waals surface area contributed by atoms with Gasteiger partial charge in [0.1, 0.15) is 12.2 Å². The van der Waals surface area contributed by atoms with E-state index in [4.69, 9.17) is 0 Å². The Morgan fingerprint density at radius 2 is 2.19 bits per heavy atom. The van der Waals surface area contributed by atoms with Crippen LogP contribution in [-0.4, -0.2) is 36.9 Å². The maximum absolute atomic E-state index is 11.2. The minimum absolute atomic E-state index is 0.0686. The number of nitrogens with zero attached hydrogens (tertiary/aromatic N) is 3. The summed E-state index contributed by atoms with van der Waals surface area (Å²) in [6, 6.07) is 0. The molecule has 0 spiro atoms. The summed E-state index contributed by atoms with van der Waals surface area (Å²) in [7, 11) is 0. The topological polar surface area (TPSA) is 132 Å². The smallest absolute Gasteiger partial charge is 0.342 e. The average Bonchev–Trinajstić information content (AvgIpc) is 2.74. The molecule has 2 aromatic heterocycles. The van der Waals surface area contributed by atoms with E-state index >= 15 is 0 Å². The molecule has 84 valence electrons. The van der Waals surface area contributed by atoms with E-state index in [1.165, 1.54) is 6.33 Å². The zero-order chi connectivity index (χ0) is 11.4. The third-order valence-electron chi connectivity index (χ3n) is 1.83. The Bertz CT molecular complexity index is 555. The van der Waals surface area contributed by atoms with Crippen LogP contribution in [0.5, 0.6) is 0 Å². The fourth-order valence-corrected chi connectivity index (χ4v) is 1.12. The van der Waals surface area contributed by atoms with Crippen LogP contribution in [0, 0.1) is 0 Å². The molecule has 2 rings (SSSR count). The molecule has 4 N–H and O–H groups in total. The van der Waals surface area contributed by atoms with Crippen molar-refractivity contribution in [2.45, 2.75) is 6.42 Å². The molecule has 0 bridgehead atoms. The Morgan fingerprint density at radius 3 is 2.88 bits per heavy atom. The van der Waals surface area contributed by atoms with Crippen molar-refractivity contribution in [1.29, 1.82) is 0 Å². The van der Waals surface area contributed by atoms with Gasteiger partial charge in [-0.25, -0.2) is 14.9 Å². The van der Waals surface area contributed by atoms with Crippen LogP contribution in [-0.2, 0) is 6.42 Å². The summed E-state index contributed by atoms with van der Waals surface area (Å²) in [6.07, 6.45) is 1.97. The molecule has 0 radical (unpaired) electrons. The second-order valence-electron chi connectivity index (χ2n) is 2.96. The first-order valence-electron chi connectivity index (χ1n) is 4.53. The quantitative estimate of drug-likeness (QED) is 0.485. The van der Waals surface area contributed by atoms with Crippen molar-refractivity contribution in [3.8, 4) is 0 Å². The molecule has 0 saturated carbocycles. The Morgan fingerprint density at radius 1 is 1.31 bits per heavy atom. The van der Waals surface area contributed by atoms with Crippen molar-refractivity contribution in [1.82, 2.24) is 30.4 Å². The van der Waals surface area contributed by atoms with Crippen molar-refractivity contribution in [3.63, 3.8) is 0 Å². The first-order valence-corrected chi connectivity index (χ1v) is 4.53. The van der Waals surface area contributed by atoms with Crippen LogP contribution >= 0.6 is 0 Å². The van der Waals surface area contributed by atoms with Gasteiger partial charge < -0.3 is 5.32 Å². The second kappa shape index (κ2) is 4.38. The SMILES string of the molecule is O=c1[nH]nc(NCCc2ncn[nH]2)c(=O)[nH]1. The highest BCUT2D eigenvalue weighted by atomic mass is 16.2. The van der Waals surface area contributed by atoms with Crippen molar-refractivity contribution in [3.05, 3.63) is 33.0 Å². The van der Waals surface area contributed by atoms with Crippen molar-refractivity contribution in [2.24, 2.45) is 0 Å². The van der Waals surface area contributed by atoms with Gasteiger partial charge in [0.15, 0.2) is 0 Å².